The van der Waals surface area contributed by atoms with Gasteiger partial charge in [0.05, 0.1) is 22.7 Å². The maximum Gasteiger partial charge on any atom is 0.261 e. The molecule has 5 nitrogen and oxygen atoms in total. The van der Waals surface area contributed by atoms with E-state index in [9.17, 15) is 17.6 Å². The van der Waals surface area contributed by atoms with Crippen LogP contribution in [0.5, 0.6) is 0 Å². The molecule has 1 amide bonds. The number of para-hydroxylation sites is 2. The van der Waals surface area contributed by atoms with E-state index in [2.05, 4.69) is 10.0 Å². The maximum absolute atomic E-state index is 13.0. The molecule has 0 saturated carbocycles. The van der Waals surface area contributed by atoms with Crippen LogP contribution in [0.3, 0.4) is 0 Å². The molecule has 0 aliphatic rings. The number of carbonyl (C=O) groups excluding carboxylic acids is 1. The van der Waals surface area contributed by atoms with Crippen molar-refractivity contribution in [3.63, 3.8) is 0 Å². The van der Waals surface area contributed by atoms with Gasteiger partial charge in [0.25, 0.3) is 10.0 Å². The van der Waals surface area contributed by atoms with Crippen molar-refractivity contribution in [2.24, 2.45) is 0 Å². The Morgan fingerprint density at radius 2 is 1.65 bits per heavy atom. The van der Waals surface area contributed by atoms with Crippen molar-refractivity contribution in [2.75, 3.05) is 10.0 Å². The molecule has 3 rings (SSSR count). The van der Waals surface area contributed by atoms with Gasteiger partial charge in [0.1, 0.15) is 5.82 Å². The van der Waals surface area contributed by atoms with E-state index < -0.39 is 15.8 Å². The van der Waals surface area contributed by atoms with Crippen LogP contribution in [-0.4, -0.2) is 14.3 Å². The first kappa shape index (κ1) is 18.1. The van der Waals surface area contributed by atoms with Crippen LogP contribution in [-0.2, 0) is 21.2 Å². The second-order valence-corrected chi connectivity index (χ2v) is 8.12. The number of hydrogen-bond acceptors (Lipinski definition) is 4. The minimum absolute atomic E-state index is 0.0707. The first-order valence-electron chi connectivity index (χ1n) is 7.64. The number of halogens is 1. The SMILES string of the molecule is O=C(Cc1cccs1)Nc1ccccc1NS(=O)(=O)c1ccc(F)cc1. The summed E-state index contributed by atoms with van der Waals surface area (Å²) in [7, 11) is -3.90. The molecule has 0 fully saturated rings. The fraction of sp³-hybridized carbons (Fsp3) is 0.0556. The summed E-state index contributed by atoms with van der Waals surface area (Å²) in [5, 5.41) is 4.60. The average Bonchev–Trinajstić information content (AvgIpc) is 3.09. The Kier molecular flexibility index (Phi) is 5.34. The molecule has 0 spiro atoms. The lowest BCUT2D eigenvalue weighted by molar-refractivity contribution is -0.115. The van der Waals surface area contributed by atoms with Crippen LogP contribution in [0.4, 0.5) is 15.8 Å². The Morgan fingerprint density at radius 1 is 0.962 bits per heavy atom. The molecule has 26 heavy (non-hydrogen) atoms. The van der Waals surface area contributed by atoms with E-state index in [0.29, 0.717) is 5.69 Å². The van der Waals surface area contributed by atoms with E-state index in [1.165, 1.54) is 23.5 Å². The third-order valence-electron chi connectivity index (χ3n) is 3.48. The number of thiophene rings is 1. The van der Waals surface area contributed by atoms with Crippen LogP contribution in [0.1, 0.15) is 4.88 Å². The predicted octanol–water partition coefficient (Wildman–Crippen LogP) is 3.87. The fourth-order valence-corrected chi connectivity index (χ4v) is 4.05. The molecular weight excluding hydrogens is 375 g/mol. The van der Waals surface area contributed by atoms with Crippen LogP contribution in [0.25, 0.3) is 0 Å². The predicted molar refractivity (Wildman–Crippen MR) is 100 cm³/mol. The highest BCUT2D eigenvalue weighted by Gasteiger charge is 2.17. The lowest BCUT2D eigenvalue weighted by Gasteiger charge is -2.13. The summed E-state index contributed by atoms with van der Waals surface area (Å²) in [6, 6.07) is 14.7. The highest BCUT2D eigenvalue weighted by Crippen LogP contribution is 2.25. The maximum atomic E-state index is 13.0. The van der Waals surface area contributed by atoms with Crippen molar-refractivity contribution in [3.05, 3.63) is 76.7 Å². The van der Waals surface area contributed by atoms with E-state index in [1.54, 1.807) is 24.3 Å². The molecule has 2 aromatic carbocycles. The number of rotatable bonds is 6. The molecule has 0 bridgehead atoms. The summed E-state index contributed by atoms with van der Waals surface area (Å²) in [5.41, 5.74) is 0.580. The molecule has 134 valence electrons. The molecule has 0 atom stereocenters. The molecule has 8 heteroatoms. The van der Waals surface area contributed by atoms with Gasteiger partial charge in [-0.25, -0.2) is 12.8 Å². The molecule has 0 aliphatic carbocycles. The zero-order valence-electron chi connectivity index (χ0n) is 13.5. The molecule has 1 heterocycles. The molecule has 0 unspecified atom stereocenters. The Balaban J connectivity index is 1.78. The number of anilines is 2. The third-order valence-corrected chi connectivity index (χ3v) is 5.74. The van der Waals surface area contributed by atoms with Gasteiger partial charge >= 0.3 is 0 Å². The Morgan fingerprint density at radius 3 is 2.31 bits per heavy atom. The highest BCUT2D eigenvalue weighted by molar-refractivity contribution is 7.92. The van der Waals surface area contributed by atoms with Gasteiger partial charge in [0.15, 0.2) is 0 Å². The summed E-state index contributed by atoms with van der Waals surface area (Å²) in [6.07, 6.45) is 0.205. The van der Waals surface area contributed by atoms with Gasteiger partial charge in [0.2, 0.25) is 5.91 Å². The minimum Gasteiger partial charge on any atom is -0.324 e. The Labute approximate surface area is 154 Å². The number of sulfonamides is 1. The van der Waals surface area contributed by atoms with Gasteiger partial charge in [-0.15, -0.1) is 11.3 Å². The van der Waals surface area contributed by atoms with E-state index in [1.807, 2.05) is 17.5 Å². The molecule has 2 N–H and O–H groups in total. The molecule has 0 saturated heterocycles. The second-order valence-electron chi connectivity index (χ2n) is 5.41. The third kappa shape index (κ3) is 4.47. The number of hydrogen-bond donors (Lipinski definition) is 2. The number of benzene rings is 2. The van der Waals surface area contributed by atoms with Gasteiger partial charge < -0.3 is 5.32 Å². The summed E-state index contributed by atoms with van der Waals surface area (Å²) in [6.45, 7) is 0. The number of amides is 1. The fourth-order valence-electron chi connectivity index (χ4n) is 2.26. The largest absolute Gasteiger partial charge is 0.324 e. The van der Waals surface area contributed by atoms with Crippen LogP contribution >= 0.6 is 11.3 Å². The first-order valence-corrected chi connectivity index (χ1v) is 10.00. The molecule has 3 aromatic rings. The van der Waals surface area contributed by atoms with Gasteiger partial charge in [-0.05, 0) is 47.8 Å². The molecular formula is C18H15FN2O3S2. The number of carbonyl (C=O) groups is 1. The smallest absolute Gasteiger partial charge is 0.261 e. The average molecular weight is 390 g/mol. The lowest BCUT2D eigenvalue weighted by atomic mass is 10.2. The number of nitrogens with one attached hydrogen (secondary N) is 2. The molecule has 0 aliphatic heterocycles. The van der Waals surface area contributed by atoms with Crippen molar-refractivity contribution >= 4 is 38.6 Å². The van der Waals surface area contributed by atoms with E-state index in [0.717, 1.165) is 17.0 Å². The topological polar surface area (TPSA) is 75.3 Å². The van der Waals surface area contributed by atoms with Crippen molar-refractivity contribution in [1.82, 2.24) is 0 Å². The van der Waals surface area contributed by atoms with Crippen LogP contribution in [0, 0.1) is 5.82 Å². The normalized spacial score (nSPS) is 11.1. The van der Waals surface area contributed by atoms with Crippen LogP contribution in [0.15, 0.2) is 70.9 Å². The van der Waals surface area contributed by atoms with Crippen molar-refractivity contribution in [3.8, 4) is 0 Å². The van der Waals surface area contributed by atoms with Crippen molar-refractivity contribution in [2.45, 2.75) is 11.3 Å². The van der Waals surface area contributed by atoms with E-state index in [4.69, 9.17) is 0 Å². The van der Waals surface area contributed by atoms with E-state index in [-0.39, 0.29) is 22.9 Å². The summed E-state index contributed by atoms with van der Waals surface area (Å²) in [5.74, 6) is -0.772. The van der Waals surface area contributed by atoms with Gasteiger partial charge in [0, 0.05) is 4.88 Å². The van der Waals surface area contributed by atoms with Crippen LogP contribution in [0.2, 0.25) is 0 Å². The zero-order chi connectivity index (χ0) is 18.6. The Hall–Kier alpha value is -2.71. The van der Waals surface area contributed by atoms with Gasteiger partial charge in [-0.3, -0.25) is 9.52 Å². The van der Waals surface area contributed by atoms with Gasteiger partial charge in [-0.1, -0.05) is 18.2 Å². The van der Waals surface area contributed by atoms with Gasteiger partial charge in [-0.2, -0.15) is 0 Å². The van der Waals surface area contributed by atoms with E-state index >= 15 is 0 Å². The summed E-state index contributed by atoms with van der Waals surface area (Å²) >= 11 is 1.47. The quantitative estimate of drug-likeness (QED) is 0.671. The van der Waals surface area contributed by atoms with Crippen molar-refractivity contribution in [1.29, 1.82) is 0 Å². The van der Waals surface area contributed by atoms with Crippen molar-refractivity contribution < 1.29 is 17.6 Å². The van der Waals surface area contributed by atoms with Crippen LogP contribution < -0.4 is 10.0 Å². The molecule has 0 radical (unpaired) electrons. The second kappa shape index (κ2) is 7.67. The summed E-state index contributed by atoms with van der Waals surface area (Å²) in [4.78, 5) is 13.0. The standard InChI is InChI=1S/C18H15FN2O3S2/c19-13-7-9-15(10-8-13)26(23,24)21-17-6-2-1-5-16(17)20-18(22)12-14-4-3-11-25-14/h1-11,21H,12H2,(H,20,22). The lowest BCUT2D eigenvalue weighted by Crippen LogP contribution is -2.18. The molecule has 1 aromatic heterocycles. The minimum atomic E-state index is -3.90. The first-order chi connectivity index (χ1) is 12.4. The summed E-state index contributed by atoms with van der Waals surface area (Å²) < 4.78 is 40.4. The Bertz CT molecular complexity index is 1000. The monoisotopic (exact) mass is 390 g/mol. The zero-order valence-corrected chi connectivity index (χ0v) is 15.1. The highest BCUT2D eigenvalue weighted by atomic mass is 32.2.